The molecule has 0 saturated carbocycles. The topological polar surface area (TPSA) is 62.9 Å². The molecule has 3 rings (SSSR count). The molecular formula is C16H23NO4. The summed E-state index contributed by atoms with van der Waals surface area (Å²) in [4.78, 5) is 0. The first-order chi connectivity index (χ1) is 10.2. The number of methoxy groups -OCH3 is 1. The Balaban J connectivity index is 1.73. The second-order valence-electron chi connectivity index (χ2n) is 5.74. The van der Waals surface area contributed by atoms with E-state index >= 15 is 0 Å². The van der Waals surface area contributed by atoms with E-state index in [9.17, 15) is 0 Å². The second-order valence-corrected chi connectivity index (χ2v) is 5.74. The van der Waals surface area contributed by atoms with Gasteiger partial charge in [-0.3, -0.25) is 0 Å². The lowest BCUT2D eigenvalue weighted by atomic mass is 9.91. The molecule has 1 spiro atoms. The largest absolute Gasteiger partial charge is 0.497 e. The second kappa shape index (κ2) is 6.22. The van der Waals surface area contributed by atoms with Gasteiger partial charge in [-0.05, 0) is 6.07 Å². The lowest BCUT2D eigenvalue weighted by Crippen LogP contribution is -2.44. The highest BCUT2D eigenvalue weighted by molar-refractivity contribution is 5.40. The highest BCUT2D eigenvalue weighted by atomic mass is 16.6. The van der Waals surface area contributed by atoms with E-state index in [-0.39, 0.29) is 11.7 Å². The average molecular weight is 293 g/mol. The van der Waals surface area contributed by atoms with Gasteiger partial charge in [0.15, 0.2) is 0 Å². The van der Waals surface area contributed by atoms with Crippen molar-refractivity contribution in [3.05, 3.63) is 23.8 Å². The van der Waals surface area contributed by atoms with Gasteiger partial charge in [0.05, 0.1) is 25.9 Å². The monoisotopic (exact) mass is 293 g/mol. The number of ether oxygens (including phenoxy) is 4. The van der Waals surface area contributed by atoms with E-state index in [1.54, 1.807) is 7.11 Å². The van der Waals surface area contributed by atoms with Gasteiger partial charge in [0.2, 0.25) is 0 Å². The van der Waals surface area contributed by atoms with Gasteiger partial charge in [0.1, 0.15) is 17.6 Å². The SMILES string of the molecule is COc1ccc(CN)c(OC2CCOC3(CCOC3)C2)c1. The number of rotatable bonds is 4. The molecule has 5 heteroatoms. The minimum atomic E-state index is -0.148. The molecule has 2 aliphatic heterocycles. The molecule has 2 heterocycles. The fraction of sp³-hybridized carbons (Fsp3) is 0.625. The maximum Gasteiger partial charge on any atom is 0.127 e. The van der Waals surface area contributed by atoms with Crippen molar-refractivity contribution in [2.45, 2.75) is 37.5 Å². The molecule has 0 aliphatic carbocycles. The molecule has 0 radical (unpaired) electrons. The van der Waals surface area contributed by atoms with Crippen molar-refractivity contribution in [3.63, 3.8) is 0 Å². The Morgan fingerprint density at radius 1 is 1.38 bits per heavy atom. The van der Waals surface area contributed by atoms with Crippen LogP contribution < -0.4 is 15.2 Å². The van der Waals surface area contributed by atoms with Gasteiger partial charge in [-0.1, -0.05) is 6.07 Å². The Morgan fingerprint density at radius 2 is 2.29 bits per heavy atom. The number of hydrogen-bond donors (Lipinski definition) is 1. The van der Waals surface area contributed by atoms with Gasteiger partial charge >= 0.3 is 0 Å². The van der Waals surface area contributed by atoms with Crippen LogP contribution in [0, 0.1) is 0 Å². The molecule has 2 unspecified atom stereocenters. The molecule has 1 aromatic carbocycles. The lowest BCUT2D eigenvalue weighted by Gasteiger charge is -2.37. The molecule has 5 nitrogen and oxygen atoms in total. The van der Waals surface area contributed by atoms with Crippen LogP contribution in [0.1, 0.15) is 24.8 Å². The van der Waals surface area contributed by atoms with Crippen molar-refractivity contribution >= 4 is 0 Å². The summed E-state index contributed by atoms with van der Waals surface area (Å²) in [7, 11) is 1.65. The van der Waals surface area contributed by atoms with Crippen LogP contribution in [0.5, 0.6) is 11.5 Å². The molecule has 116 valence electrons. The molecule has 0 amide bonds. The van der Waals surface area contributed by atoms with Crippen molar-refractivity contribution in [1.29, 1.82) is 0 Å². The minimum absolute atomic E-state index is 0.137. The summed E-state index contributed by atoms with van der Waals surface area (Å²) in [5, 5.41) is 0. The summed E-state index contributed by atoms with van der Waals surface area (Å²) >= 11 is 0. The predicted octanol–water partition coefficient (Wildman–Crippen LogP) is 1.87. The Bertz CT molecular complexity index is 485. The normalized spacial score (nSPS) is 28.8. The number of nitrogens with two attached hydrogens (primary N) is 1. The summed E-state index contributed by atoms with van der Waals surface area (Å²) in [5.41, 5.74) is 6.65. The van der Waals surface area contributed by atoms with Gasteiger partial charge in [0, 0.05) is 44.0 Å². The highest BCUT2D eigenvalue weighted by Gasteiger charge is 2.41. The van der Waals surface area contributed by atoms with Crippen LogP contribution in [0.25, 0.3) is 0 Å². The van der Waals surface area contributed by atoms with Crippen LogP contribution >= 0.6 is 0 Å². The summed E-state index contributed by atoms with van der Waals surface area (Å²) in [6.45, 7) is 2.63. The van der Waals surface area contributed by atoms with Crippen LogP contribution in [0.15, 0.2) is 18.2 Å². The van der Waals surface area contributed by atoms with Crippen LogP contribution in [-0.2, 0) is 16.0 Å². The van der Waals surface area contributed by atoms with Crippen molar-refractivity contribution in [3.8, 4) is 11.5 Å². The van der Waals surface area contributed by atoms with Crippen molar-refractivity contribution in [2.75, 3.05) is 26.9 Å². The third-order valence-electron chi connectivity index (χ3n) is 4.30. The molecule has 2 atom stereocenters. The average Bonchev–Trinajstić information content (AvgIpc) is 2.95. The smallest absolute Gasteiger partial charge is 0.127 e. The summed E-state index contributed by atoms with van der Waals surface area (Å²) in [6, 6.07) is 5.78. The van der Waals surface area contributed by atoms with E-state index in [2.05, 4.69) is 0 Å². The molecular weight excluding hydrogens is 270 g/mol. The fourth-order valence-electron chi connectivity index (χ4n) is 3.07. The third kappa shape index (κ3) is 3.15. The van der Waals surface area contributed by atoms with Gasteiger partial charge < -0.3 is 24.7 Å². The van der Waals surface area contributed by atoms with Crippen LogP contribution in [0.3, 0.4) is 0 Å². The van der Waals surface area contributed by atoms with Crippen LogP contribution in [0.2, 0.25) is 0 Å². The van der Waals surface area contributed by atoms with Gasteiger partial charge in [0.25, 0.3) is 0 Å². The molecule has 0 bridgehead atoms. The van der Waals surface area contributed by atoms with E-state index in [0.717, 1.165) is 49.5 Å². The lowest BCUT2D eigenvalue weighted by molar-refractivity contribution is -0.112. The molecule has 21 heavy (non-hydrogen) atoms. The van der Waals surface area contributed by atoms with Gasteiger partial charge in [-0.2, -0.15) is 0 Å². The molecule has 2 fully saturated rings. The first-order valence-electron chi connectivity index (χ1n) is 7.50. The van der Waals surface area contributed by atoms with E-state index in [1.165, 1.54) is 0 Å². The van der Waals surface area contributed by atoms with E-state index in [1.807, 2.05) is 18.2 Å². The van der Waals surface area contributed by atoms with Crippen LogP contribution in [0.4, 0.5) is 0 Å². The van der Waals surface area contributed by atoms with Crippen molar-refractivity contribution in [2.24, 2.45) is 5.73 Å². The van der Waals surface area contributed by atoms with Crippen molar-refractivity contribution < 1.29 is 18.9 Å². The van der Waals surface area contributed by atoms with E-state index in [4.69, 9.17) is 24.7 Å². The Morgan fingerprint density at radius 3 is 3.00 bits per heavy atom. The minimum Gasteiger partial charge on any atom is -0.497 e. The Hall–Kier alpha value is -1.30. The molecule has 0 aromatic heterocycles. The fourth-order valence-corrected chi connectivity index (χ4v) is 3.07. The zero-order chi connectivity index (χ0) is 14.7. The summed E-state index contributed by atoms with van der Waals surface area (Å²) in [5.74, 6) is 1.60. The van der Waals surface area contributed by atoms with E-state index in [0.29, 0.717) is 13.2 Å². The highest BCUT2D eigenvalue weighted by Crippen LogP contribution is 2.35. The van der Waals surface area contributed by atoms with Crippen molar-refractivity contribution in [1.82, 2.24) is 0 Å². The standard InChI is InChI=1S/C16H23NO4/c1-18-13-3-2-12(10-17)15(8-13)21-14-4-6-20-16(9-14)5-7-19-11-16/h2-3,8,14H,4-7,9-11,17H2,1H3. The number of benzene rings is 1. The van der Waals surface area contributed by atoms with Gasteiger partial charge in [-0.25, -0.2) is 0 Å². The summed E-state index contributed by atoms with van der Waals surface area (Å²) < 4.78 is 22.9. The van der Waals surface area contributed by atoms with Gasteiger partial charge in [-0.15, -0.1) is 0 Å². The first kappa shape index (κ1) is 14.6. The van der Waals surface area contributed by atoms with Crippen LogP contribution in [-0.4, -0.2) is 38.6 Å². The molecule has 2 saturated heterocycles. The quantitative estimate of drug-likeness (QED) is 0.918. The Labute approximate surface area is 125 Å². The molecule has 2 N–H and O–H groups in total. The maximum absolute atomic E-state index is 6.21. The maximum atomic E-state index is 6.21. The third-order valence-corrected chi connectivity index (χ3v) is 4.30. The predicted molar refractivity (Wildman–Crippen MR) is 78.7 cm³/mol. The molecule has 1 aromatic rings. The Kier molecular flexibility index (Phi) is 4.33. The molecule has 2 aliphatic rings. The first-order valence-corrected chi connectivity index (χ1v) is 7.50. The number of hydrogen-bond acceptors (Lipinski definition) is 5. The van der Waals surface area contributed by atoms with E-state index < -0.39 is 0 Å². The summed E-state index contributed by atoms with van der Waals surface area (Å²) in [6.07, 6.45) is 2.85. The zero-order valence-electron chi connectivity index (χ0n) is 12.5. The zero-order valence-corrected chi connectivity index (χ0v) is 12.5.